The molecule has 11 heteroatoms. The number of rotatable bonds is 6. The largest absolute Gasteiger partial charge is 0.449 e. The van der Waals surface area contributed by atoms with E-state index in [4.69, 9.17) is 4.74 Å². The van der Waals surface area contributed by atoms with Gasteiger partial charge in [0.1, 0.15) is 5.75 Å². The Morgan fingerprint density at radius 1 is 0.971 bits per heavy atom. The molecule has 3 aromatic carbocycles. The summed E-state index contributed by atoms with van der Waals surface area (Å²) in [5, 5.41) is 27.9. The van der Waals surface area contributed by atoms with Crippen LogP contribution >= 0.6 is 15.9 Å². The summed E-state index contributed by atoms with van der Waals surface area (Å²) in [5.74, 6) is -0.148. The molecule has 1 aliphatic heterocycles. The minimum atomic E-state index is -0.749. The average molecular weight is 523 g/mol. The van der Waals surface area contributed by atoms with E-state index in [2.05, 4.69) is 21.0 Å². The normalized spacial score (nSPS) is 14.3. The zero-order valence-electron chi connectivity index (χ0n) is 17.5. The van der Waals surface area contributed by atoms with Crippen LogP contribution in [0, 0.1) is 20.2 Å². The molecule has 0 saturated heterocycles. The number of nitro benzene ring substituents is 2. The Balaban J connectivity index is 1.60. The van der Waals surface area contributed by atoms with Crippen LogP contribution in [0.1, 0.15) is 12.5 Å². The lowest BCUT2D eigenvalue weighted by atomic mass is 10.1. The number of carbonyl (C=O) groups is 1. The van der Waals surface area contributed by atoms with Gasteiger partial charge in [-0.1, -0.05) is 24.3 Å². The number of halogens is 1. The number of carbonyl (C=O) groups excluding carboxylic acids is 1. The summed E-state index contributed by atoms with van der Waals surface area (Å²) < 4.78 is 6.11. The number of hydrazone groups is 1. The molecule has 1 amide bonds. The SMILES string of the molecule is CC1=NN(c2ccccc2)C(=O)/C1=C/c1ccc(Oc2ccc([N+](=O)[O-])cc2[N+](=O)[O-])c(Br)c1. The molecule has 0 radical (unpaired) electrons. The van der Waals surface area contributed by atoms with Crippen LogP contribution in [-0.4, -0.2) is 21.5 Å². The first-order valence-electron chi connectivity index (χ1n) is 9.81. The molecular formula is C23H15BrN4O6. The second-order valence-corrected chi connectivity index (χ2v) is 8.01. The Bertz CT molecular complexity index is 1390. The van der Waals surface area contributed by atoms with Crippen molar-refractivity contribution in [3.63, 3.8) is 0 Å². The third-order valence-electron chi connectivity index (χ3n) is 4.90. The van der Waals surface area contributed by atoms with Crippen LogP contribution in [0.2, 0.25) is 0 Å². The molecule has 0 atom stereocenters. The van der Waals surface area contributed by atoms with Crippen LogP contribution < -0.4 is 9.75 Å². The van der Waals surface area contributed by atoms with Crippen molar-refractivity contribution >= 4 is 50.7 Å². The zero-order chi connectivity index (χ0) is 24.4. The lowest BCUT2D eigenvalue weighted by Gasteiger charge is -2.11. The molecule has 1 heterocycles. The van der Waals surface area contributed by atoms with Crippen LogP contribution in [0.3, 0.4) is 0 Å². The number of nitrogens with zero attached hydrogens (tertiary/aromatic N) is 4. The number of non-ortho nitro benzene ring substituents is 1. The van der Waals surface area contributed by atoms with E-state index < -0.39 is 21.2 Å². The highest BCUT2D eigenvalue weighted by atomic mass is 79.9. The molecular weight excluding hydrogens is 508 g/mol. The molecule has 0 aliphatic carbocycles. The number of amides is 1. The van der Waals surface area contributed by atoms with Gasteiger partial charge in [0, 0.05) is 6.07 Å². The van der Waals surface area contributed by atoms with Gasteiger partial charge in [0.05, 0.1) is 37.4 Å². The van der Waals surface area contributed by atoms with E-state index in [9.17, 15) is 25.0 Å². The molecule has 0 unspecified atom stereocenters. The van der Waals surface area contributed by atoms with Crippen LogP contribution in [0.4, 0.5) is 17.1 Å². The van der Waals surface area contributed by atoms with Crippen LogP contribution in [-0.2, 0) is 4.79 Å². The van der Waals surface area contributed by atoms with Crippen LogP contribution in [0.25, 0.3) is 6.08 Å². The standard InChI is InChI=1S/C23H15BrN4O6/c1-14-18(23(29)26(25-14)16-5-3-2-4-6-16)11-15-7-9-21(19(24)12-15)34-22-10-8-17(27(30)31)13-20(22)28(32)33/h2-13H,1H3/b18-11+. The number of anilines is 1. The van der Waals surface area contributed by atoms with Gasteiger partial charge in [0.2, 0.25) is 5.75 Å². The number of ether oxygens (including phenoxy) is 1. The van der Waals surface area contributed by atoms with E-state index in [0.717, 1.165) is 12.1 Å². The number of benzene rings is 3. The van der Waals surface area contributed by atoms with Gasteiger partial charge in [-0.2, -0.15) is 10.1 Å². The summed E-state index contributed by atoms with van der Waals surface area (Å²) >= 11 is 3.37. The van der Waals surface area contributed by atoms with Crippen molar-refractivity contribution in [3.8, 4) is 11.5 Å². The molecule has 10 nitrogen and oxygen atoms in total. The predicted octanol–water partition coefficient (Wildman–Crippen LogP) is 5.86. The highest BCUT2D eigenvalue weighted by Crippen LogP contribution is 2.37. The molecule has 34 heavy (non-hydrogen) atoms. The quantitative estimate of drug-likeness (QED) is 0.226. The third kappa shape index (κ3) is 4.55. The van der Waals surface area contributed by atoms with Crippen molar-refractivity contribution in [2.24, 2.45) is 5.10 Å². The summed E-state index contributed by atoms with van der Waals surface area (Å²) in [6.45, 7) is 1.74. The summed E-state index contributed by atoms with van der Waals surface area (Å²) in [6.07, 6.45) is 1.69. The smallest absolute Gasteiger partial charge is 0.318 e. The van der Waals surface area contributed by atoms with E-state index in [0.29, 0.717) is 27.0 Å². The molecule has 1 aliphatic rings. The Hall–Kier alpha value is -4.38. The minimum Gasteiger partial charge on any atom is -0.449 e. The summed E-state index contributed by atoms with van der Waals surface area (Å²) in [5.41, 5.74) is 1.37. The number of nitro groups is 2. The van der Waals surface area contributed by atoms with Crippen molar-refractivity contribution in [1.82, 2.24) is 0 Å². The van der Waals surface area contributed by atoms with Crippen molar-refractivity contribution in [3.05, 3.63) is 103 Å². The lowest BCUT2D eigenvalue weighted by Crippen LogP contribution is -2.21. The van der Waals surface area contributed by atoms with E-state index >= 15 is 0 Å². The zero-order valence-corrected chi connectivity index (χ0v) is 19.1. The molecule has 0 bridgehead atoms. The first-order valence-corrected chi connectivity index (χ1v) is 10.6. The Morgan fingerprint density at radius 3 is 2.32 bits per heavy atom. The van der Waals surface area contributed by atoms with Gasteiger partial charge in [-0.25, -0.2) is 0 Å². The molecule has 170 valence electrons. The fourth-order valence-electron chi connectivity index (χ4n) is 3.25. The van der Waals surface area contributed by atoms with Gasteiger partial charge in [-0.05, 0) is 64.8 Å². The molecule has 0 N–H and O–H groups in total. The first kappa shape index (κ1) is 22.8. The van der Waals surface area contributed by atoms with Gasteiger partial charge in [-0.3, -0.25) is 25.0 Å². The minimum absolute atomic E-state index is 0.144. The van der Waals surface area contributed by atoms with Crippen molar-refractivity contribution in [2.45, 2.75) is 6.92 Å². The van der Waals surface area contributed by atoms with E-state index in [1.807, 2.05) is 18.2 Å². The highest BCUT2D eigenvalue weighted by Gasteiger charge is 2.28. The molecule has 3 aromatic rings. The van der Waals surface area contributed by atoms with Gasteiger partial charge in [0.15, 0.2) is 0 Å². The highest BCUT2D eigenvalue weighted by molar-refractivity contribution is 9.10. The predicted molar refractivity (Wildman–Crippen MR) is 129 cm³/mol. The molecule has 4 rings (SSSR count). The fourth-order valence-corrected chi connectivity index (χ4v) is 3.73. The first-order chi connectivity index (χ1) is 16.2. The maximum absolute atomic E-state index is 12.9. The molecule has 0 aromatic heterocycles. The van der Waals surface area contributed by atoms with Crippen molar-refractivity contribution in [2.75, 3.05) is 5.01 Å². The van der Waals surface area contributed by atoms with Crippen LogP contribution in [0.5, 0.6) is 11.5 Å². The number of hydrogen-bond acceptors (Lipinski definition) is 7. The number of para-hydroxylation sites is 1. The lowest BCUT2D eigenvalue weighted by molar-refractivity contribution is -0.394. The van der Waals surface area contributed by atoms with Gasteiger partial charge < -0.3 is 4.74 Å². The van der Waals surface area contributed by atoms with Gasteiger partial charge in [-0.15, -0.1) is 0 Å². The van der Waals surface area contributed by atoms with Gasteiger partial charge in [0.25, 0.3) is 11.6 Å². The topological polar surface area (TPSA) is 128 Å². The Kier molecular flexibility index (Phi) is 6.19. The van der Waals surface area contributed by atoms with Crippen molar-refractivity contribution < 1.29 is 19.4 Å². The Morgan fingerprint density at radius 2 is 1.68 bits per heavy atom. The third-order valence-corrected chi connectivity index (χ3v) is 5.52. The molecule has 0 fully saturated rings. The monoisotopic (exact) mass is 522 g/mol. The summed E-state index contributed by atoms with van der Waals surface area (Å²) in [4.78, 5) is 33.7. The maximum atomic E-state index is 12.9. The second kappa shape index (κ2) is 9.24. The molecule has 0 spiro atoms. The van der Waals surface area contributed by atoms with E-state index in [-0.39, 0.29) is 17.4 Å². The second-order valence-electron chi connectivity index (χ2n) is 7.15. The van der Waals surface area contributed by atoms with E-state index in [1.54, 1.807) is 43.3 Å². The summed E-state index contributed by atoms with van der Waals surface area (Å²) in [6, 6.07) is 17.1. The van der Waals surface area contributed by atoms with Crippen LogP contribution in [0.15, 0.2) is 81.9 Å². The Labute approximate surface area is 201 Å². The number of hydrogen-bond donors (Lipinski definition) is 0. The van der Waals surface area contributed by atoms with Crippen molar-refractivity contribution in [1.29, 1.82) is 0 Å². The van der Waals surface area contributed by atoms with E-state index in [1.165, 1.54) is 11.1 Å². The maximum Gasteiger partial charge on any atom is 0.318 e. The average Bonchev–Trinajstić information content (AvgIpc) is 3.09. The van der Waals surface area contributed by atoms with Gasteiger partial charge >= 0.3 is 5.69 Å². The molecule has 0 saturated carbocycles. The summed E-state index contributed by atoms with van der Waals surface area (Å²) in [7, 11) is 0. The fraction of sp³-hybridized carbons (Fsp3) is 0.0435.